The van der Waals surface area contributed by atoms with Crippen LogP contribution in [-0.2, 0) is 24.4 Å². The molecule has 0 radical (unpaired) electrons. The molecule has 202 valence electrons. The van der Waals surface area contributed by atoms with E-state index in [1.54, 1.807) is 17.6 Å². The third-order valence-corrected chi connectivity index (χ3v) is 5.96. The smallest absolute Gasteiger partial charge is 0.268 e. The van der Waals surface area contributed by atoms with Crippen LogP contribution in [0.3, 0.4) is 0 Å². The minimum absolute atomic E-state index is 0.00443. The average molecular weight is 525 g/mol. The number of amides is 3. The Hall–Kier alpha value is -2.76. The highest BCUT2D eigenvalue weighted by Crippen LogP contribution is 2.19. The summed E-state index contributed by atoms with van der Waals surface area (Å²) in [5, 5.41) is 11.7. The van der Waals surface area contributed by atoms with Gasteiger partial charge >= 0.3 is 0 Å². The molecular formula is C25H40N4O6S. The van der Waals surface area contributed by atoms with Crippen molar-refractivity contribution in [1.82, 2.24) is 20.2 Å². The summed E-state index contributed by atoms with van der Waals surface area (Å²) in [4.78, 5) is 39.7. The minimum atomic E-state index is -3.72. The van der Waals surface area contributed by atoms with Gasteiger partial charge in [-0.25, -0.2) is 28.6 Å². The Morgan fingerprint density at radius 3 is 2.14 bits per heavy atom. The zero-order valence-corrected chi connectivity index (χ0v) is 22.8. The van der Waals surface area contributed by atoms with Crippen molar-refractivity contribution in [1.29, 1.82) is 0 Å². The number of hydrazine groups is 1. The van der Waals surface area contributed by atoms with Gasteiger partial charge in [0.2, 0.25) is 15.9 Å². The van der Waals surface area contributed by atoms with E-state index in [1.807, 2.05) is 58.0 Å². The van der Waals surface area contributed by atoms with Gasteiger partial charge in [-0.05, 0) is 37.2 Å². The van der Waals surface area contributed by atoms with Crippen molar-refractivity contribution >= 4 is 33.8 Å². The fraction of sp³-hybridized carbons (Fsp3) is 0.560. The zero-order chi connectivity index (χ0) is 27.5. The molecule has 1 aromatic carbocycles. The van der Waals surface area contributed by atoms with E-state index in [-0.39, 0.29) is 31.2 Å². The maximum atomic E-state index is 13.5. The third kappa shape index (κ3) is 10.9. The van der Waals surface area contributed by atoms with Gasteiger partial charge in [0.1, 0.15) is 6.04 Å². The van der Waals surface area contributed by atoms with Crippen LogP contribution in [0, 0.1) is 11.8 Å². The Bertz CT molecular complexity index is 995. The monoisotopic (exact) mass is 524 g/mol. The van der Waals surface area contributed by atoms with Crippen molar-refractivity contribution in [2.75, 3.05) is 12.8 Å². The molecule has 0 heterocycles. The number of benzene rings is 1. The number of nitrogens with one attached hydrogen (secondary N) is 2. The second-order valence-electron chi connectivity index (χ2n) is 9.64. The summed E-state index contributed by atoms with van der Waals surface area (Å²) in [6.07, 6.45) is 4.98. The largest absolute Gasteiger partial charge is 0.289 e. The third-order valence-electron chi connectivity index (χ3n) is 5.18. The van der Waals surface area contributed by atoms with E-state index >= 15 is 0 Å². The first-order chi connectivity index (χ1) is 16.8. The molecule has 36 heavy (non-hydrogen) atoms. The second-order valence-corrected chi connectivity index (χ2v) is 11.4. The van der Waals surface area contributed by atoms with Gasteiger partial charge in [-0.2, -0.15) is 0 Å². The summed E-state index contributed by atoms with van der Waals surface area (Å²) in [6, 6.07) is 6.90. The Balaban J connectivity index is 3.49. The van der Waals surface area contributed by atoms with Crippen molar-refractivity contribution in [3.05, 3.63) is 42.0 Å². The molecule has 0 aliphatic carbocycles. The highest BCUT2D eigenvalue weighted by Gasteiger charge is 2.38. The van der Waals surface area contributed by atoms with E-state index < -0.39 is 39.8 Å². The molecule has 2 atom stereocenters. The summed E-state index contributed by atoms with van der Waals surface area (Å²) < 4.78 is 25.8. The first kappa shape index (κ1) is 31.3. The average Bonchev–Trinajstić information content (AvgIpc) is 2.79. The van der Waals surface area contributed by atoms with E-state index in [9.17, 15) is 28.0 Å². The predicted molar refractivity (Wildman–Crippen MR) is 139 cm³/mol. The van der Waals surface area contributed by atoms with Gasteiger partial charge in [-0.15, -0.1) is 0 Å². The van der Waals surface area contributed by atoms with E-state index in [0.29, 0.717) is 6.42 Å². The Kier molecular flexibility index (Phi) is 12.8. The number of rotatable bonds is 13. The fourth-order valence-electron chi connectivity index (χ4n) is 3.52. The topological polar surface area (TPSA) is 136 Å². The SMILES string of the molecule is CC(C)CCC(=O)N([C@@H](CC=Cc1ccccc1)C(=O)NO)N(CC(C)C)C(=O)[C@@H](C)NS(C)(=O)=O. The van der Waals surface area contributed by atoms with Crippen LogP contribution in [0.4, 0.5) is 0 Å². The first-order valence-electron chi connectivity index (χ1n) is 12.0. The van der Waals surface area contributed by atoms with Crippen LogP contribution in [0.15, 0.2) is 36.4 Å². The molecular weight excluding hydrogens is 484 g/mol. The van der Waals surface area contributed by atoms with Crippen molar-refractivity contribution in [3.8, 4) is 0 Å². The van der Waals surface area contributed by atoms with Gasteiger partial charge in [0, 0.05) is 13.0 Å². The van der Waals surface area contributed by atoms with E-state index in [4.69, 9.17) is 0 Å². The zero-order valence-electron chi connectivity index (χ0n) is 22.0. The molecule has 0 fully saturated rings. The van der Waals surface area contributed by atoms with Gasteiger partial charge < -0.3 is 0 Å². The molecule has 0 spiro atoms. The highest BCUT2D eigenvalue weighted by molar-refractivity contribution is 7.88. The lowest BCUT2D eigenvalue weighted by Gasteiger charge is -2.41. The van der Waals surface area contributed by atoms with Crippen LogP contribution in [-0.4, -0.2) is 66.2 Å². The van der Waals surface area contributed by atoms with Crippen LogP contribution in [0.2, 0.25) is 0 Å². The Morgan fingerprint density at radius 1 is 1.03 bits per heavy atom. The predicted octanol–water partition coefficient (Wildman–Crippen LogP) is 2.57. The molecule has 11 heteroatoms. The number of hydrogen-bond acceptors (Lipinski definition) is 6. The summed E-state index contributed by atoms with van der Waals surface area (Å²) in [5.41, 5.74) is 2.49. The van der Waals surface area contributed by atoms with Gasteiger partial charge in [-0.1, -0.05) is 70.2 Å². The van der Waals surface area contributed by atoms with Crippen molar-refractivity contribution < 1.29 is 28.0 Å². The molecule has 0 aliphatic heterocycles. The fourth-order valence-corrected chi connectivity index (χ4v) is 4.26. The molecule has 3 N–H and O–H groups in total. The van der Waals surface area contributed by atoms with Crippen molar-refractivity contribution in [2.24, 2.45) is 11.8 Å². The van der Waals surface area contributed by atoms with Gasteiger partial charge in [-0.3, -0.25) is 19.6 Å². The Morgan fingerprint density at radius 2 is 1.64 bits per heavy atom. The lowest BCUT2D eigenvalue weighted by atomic mass is 10.1. The van der Waals surface area contributed by atoms with Crippen molar-refractivity contribution in [3.63, 3.8) is 0 Å². The normalized spacial score (nSPS) is 13.6. The molecule has 1 rings (SSSR count). The molecule has 0 aromatic heterocycles. The summed E-state index contributed by atoms with van der Waals surface area (Å²) in [6.45, 7) is 9.01. The molecule has 0 aliphatic rings. The Labute approximate surface area is 214 Å². The number of carbonyl (C=O) groups excluding carboxylic acids is 3. The van der Waals surface area contributed by atoms with Crippen molar-refractivity contribution in [2.45, 2.75) is 66.0 Å². The lowest BCUT2D eigenvalue weighted by molar-refractivity contribution is -0.176. The maximum absolute atomic E-state index is 13.5. The molecule has 0 unspecified atom stereocenters. The molecule has 0 saturated carbocycles. The van der Waals surface area contributed by atoms with Crippen LogP contribution < -0.4 is 10.2 Å². The first-order valence-corrected chi connectivity index (χ1v) is 13.9. The summed E-state index contributed by atoms with van der Waals surface area (Å²) in [5.74, 6) is -1.95. The van der Waals surface area contributed by atoms with Gasteiger partial charge in [0.05, 0.1) is 12.3 Å². The van der Waals surface area contributed by atoms with Crippen LogP contribution >= 0.6 is 0 Å². The number of nitrogens with zero attached hydrogens (tertiary/aromatic N) is 2. The highest BCUT2D eigenvalue weighted by atomic mass is 32.2. The van der Waals surface area contributed by atoms with E-state index in [2.05, 4.69) is 4.72 Å². The number of carbonyl (C=O) groups is 3. The maximum Gasteiger partial charge on any atom is 0.268 e. The van der Waals surface area contributed by atoms with Gasteiger partial charge in [0.15, 0.2) is 0 Å². The molecule has 3 amide bonds. The van der Waals surface area contributed by atoms with Gasteiger partial charge in [0.25, 0.3) is 11.8 Å². The second kappa shape index (κ2) is 14.7. The standard InChI is InChI=1S/C25H40N4O6S/c1-18(2)15-16-23(30)29(28(17-19(3)4)25(32)20(5)27-36(6,34)35)22(24(31)26-33)14-10-13-21-11-8-7-9-12-21/h7-13,18-20,22,27,33H,14-17H2,1-6H3,(H,26,31)/t20-,22+/m1/s1. The quantitative estimate of drug-likeness (QED) is 0.268. The lowest BCUT2D eigenvalue weighted by Crippen LogP contribution is -2.62. The van der Waals surface area contributed by atoms with Crippen LogP contribution in [0.25, 0.3) is 6.08 Å². The summed E-state index contributed by atoms with van der Waals surface area (Å²) >= 11 is 0. The number of hydrogen-bond donors (Lipinski definition) is 3. The molecule has 0 bridgehead atoms. The van der Waals surface area contributed by atoms with E-state index in [0.717, 1.165) is 21.8 Å². The molecule has 1 aromatic rings. The summed E-state index contributed by atoms with van der Waals surface area (Å²) in [7, 11) is -3.72. The minimum Gasteiger partial charge on any atom is -0.289 e. The molecule has 0 saturated heterocycles. The van der Waals surface area contributed by atoms with Crippen LogP contribution in [0.5, 0.6) is 0 Å². The molecule has 10 nitrogen and oxygen atoms in total. The number of sulfonamides is 1. The van der Waals surface area contributed by atoms with Crippen LogP contribution in [0.1, 0.15) is 59.4 Å². The van der Waals surface area contributed by atoms with E-state index in [1.165, 1.54) is 6.92 Å². The number of hydroxylamine groups is 1.